The number of carbonyl (C=O) groups excluding carboxylic acids is 1. The highest BCUT2D eigenvalue weighted by atomic mass is 35.5. The molecule has 2 N–H and O–H groups in total. The molecule has 1 rings (SSSR count). The summed E-state index contributed by atoms with van der Waals surface area (Å²) in [5, 5.41) is 12.4. The van der Waals surface area contributed by atoms with E-state index in [1.807, 2.05) is 6.26 Å². The molecule has 0 aliphatic heterocycles. The Hall–Kier alpha value is -0.850. The molecule has 0 saturated carbocycles. The minimum Gasteiger partial charge on any atom is -0.394 e. The molecule has 1 aromatic rings. The minimum atomic E-state index is -0.717. The van der Waals surface area contributed by atoms with E-state index < -0.39 is 11.4 Å². The van der Waals surface area contributed by atoms with Gasteiger partial charge in [0.25, 0.3) is 5.91 Å². The monoisotopic (exact) mass is 275 g/mol. The van der Waals surface area contributed by atoms with Crippen molar-refractivity contribution < 1.29 is 9.90 Å². The summed E-state index contributed by atoms with van der Waals surface area (Å²) in [6.45, 7) is 3.24. The fourth-order valence-corrected chi connectivity index (χ4v) is 1.53. The van der Waals surface area contributed by atoms with Crippen LogP contribution in [0.4, 0.5) is 0 Å². The number of halogens is 1. The average Bonchev–Trinajstić information content (AvgIpc) is 2.29. The standard InChI is InChI=1S/C10H14ClN3O2S/c1-10(2,5-15)14-8(16)7-6(11)4-12-9(13-7)17-3/h4,15H,5H2,1-3H3,(H,14,16). The molecule has 5 nitrogen and oxygen atoms in total. The van der Waals surface area contributed by atoms with Crippen LogP contribution in [-0.4, -0.2) is 39.4 Å². The van der Waals surface area contributed by atoms with Gasteiger partial charge in [-0.15, -0.1) is 0 Å². The number of aliphatic hydroxyl groups excluding tert-OH is 1. The van der Waals surface area contributed by atoms with E-state index in [0.29, 0.717) is 5.16 Å². The number of hydrogen-bond donors (Lipinski definition) is 2. The average molecular weight is 276 g/mol. The SMILES string of the molecule is CSc1ncc(Cl)c(C(=O)NC(C)(C)CO)n1. The van der Waals surface area contributed by atoms with Gasteiger partial charge < -0.3 is 10.4 Å². The molecule has 0 aliphatic rings. The van der Waals surface area contributed by atoms with E-state index in [1.54, 1.807) is 13.8 Å². The van der Waals surface area contributed by atoms with Crippen LogP contribution in [0.3, 0.4) is 0 Å². The van der Waals surface area contributed by atoms with E-state index in [-0.39, 0.29) is 17.3 Å². The molecule has 7 heteroatoms. The van der Waals surface area contributed by atoms with E-state index in [9.17, 15) is 4.79 Å². The maximum absolute atomic E-state index is 11.9. The van der Waals surface area contributed by atoms with Gasteiger partial charge in [0.15, 0.2) is 10.9 Å². The number of amides is 1. The number of hydrogen-bond acceptors (Lipinski definition) is 5. The van der Waals surface area contributed by atoms with Gasteiger partial charge in [-0.2, -0.15) is 0 Å². The highest BCUT2D eigenvalue weighted by Crippen LogP contribution is 2.17. The molecule has 1 heterocycles. The van der Waals surface area contributed by atoms with Crippen molar-refractivity contribution in [3.8, 4) is 0 Å². The topological polar surface area (TPSA) is 75.1 Å². The van der Waals surface area contributed by atoms with Crippen LogP contribution in [0.25, 0.3) is 0 Å². The van der Waals surface area contributed by atoms with Crippen LogP contribution in [0.5, 0.6) is 0 Å². The van der Waals surface area contributed by atoms with E-state index in [1.165, 1.54) is 18.0 Å². The van der Waals surface area contributed by atoms with Crippen molar-refractivity contribution in [2.24, 2.45) is 0 Å². The largest absolute Gasteiger partial charge is 0.394 e. The second kappa shape index (κ2) is 5.66. The first kappa shape index (κ1) is 14.2. The summed E-state index contributed by atoms with van der Waals surface area (Å²) in [6, 6.07) is 0. The lowest BCUT2D eigenvalue weighted by atomic mass is 10.1. The maximum Gasteiger partial charge on any atom is 0.272 e. The molecular formula is C10H14ClN3O2S. The van der Waals surface area contributed by atoms with E-state index in [2.05, 4.69) is 15.3 Å². The van der Waals surface area contributed by atoms with E-state index >= 15 is 0 Å². The van der Waals surface area contributed by atoms with Crippen molar-refractivity contribution in [2.75, 3.05) is 12.9 Å². The van der Waals surface area contributed by atoms with Gasteiger partial charge in [0.2, 0.25) is 0 Å². The summed E-state index contributed by atoms with van der Waals surface area (Å²) >= 11 is 7.19. The molecular weight excluding hydrogens is 262 g/mol. The van der Waals surface area contributed by atoms with Crippen molar-refractivity contribution in [3.63, 3.8) is 0 Å². The third-order valence-corrected chi connectivity index (χ3v) is 2.81. The first-order chi connectivity index (χ1) is 7.89. The molecule has 0 aliphatic carbocycles. The molecule has 0 aromatic carbocycles. The summed E-state index contributed by atoms with van der Waals surface area (Å²) in [5.74, 6) is -0.424. The Labute approximate surface area is 109 Å². The summed E-state index contributed by atoms with van der Waals surface area (Å²) in [7, 11) is 0. The number of aromatic nitrogens is 2. The lowest BCUT2D eigenvalue weighted by Gasteiger charge is -2.23. The first-order valence-corrected chi connectivity index (χ1v) is 6.50. The Morgan fingerprint density at radius 1 is 1.65 bits per heavy atom. The van der Waals surface area contributed by atoms with Crippen LogP contribution in [0.2, 0.25) is 5.02 Å². The second-order valence-electron chi connectivity index (χ2n) is 4.05. The molecule has 0 radical (unpaired) electrons. The smallest absolute Gasteiger partial charge is 0.272 e. The third-order valence-electron chi connectivity index (χ3n) is 1.97. The Morgan fingerprint density at radius 2 is 2.29 bits per heavy atom. The van der Waals surface area contributed by atoms with Crippen LogP contribution >= 0.6 is 23.4 Å². The highest BCUT2D eigenvalue weighted by molar-refractivity contribution is 7.98. The van der Waals surface area contributed by atoms with Crippen LogP contribution in [-0.2, 0) is 0 Å². The molecule has 0 fully saturated rings. The Bertz CT molecular complexity index is 426. The molecule has 0 spiro atoms. The molecule has 1 aromatic heterocycles. The summed E-state index contributed by atoms with van der Waals surface area (Å²) < 4.78 is 0. The number of thioether (sulfide) groups is 1. The number of rotatable bonds is 4. The second-order valence-corrected chi connectivity index (χ2v) is 5.23. The third kappa shape index (κ3) is 3.83. The molecule has 0 atom stereocenters. The zero-order chi connectivity index (χ0) is 13.1. The molecule has 94 valence electrons. The van der Waals surface area contributed by atoms with Gasteiger partial charge in [-0.05, 0) is 20.1 Å². The number of nitrogens with one attached hydrogen (secondary N) is 1. The van der Waals surface area contributed by atoms with Gasteiger partial charge in [-0.3, -0.25) is 4.79 Å². The minimum absolute atomic E-state index is 0.118. The zero-order valence-electron chi connectivity index (χ0n) is 9.82. The van der Waals surface area contributed by atoms with Gasteiger partial charge >= 0.3 is 0 Å². The Morgan fingerprint density at radius 3 is 2.82 bits per heavy atom. The molecule has 0 bridgehead atoms. The lowest BCUT2D eigenvalue weighted by Crippen LogP contribution is -2.46. The van der Waals surface area contributed by atoms with Crippen LogP contribution in [0.15, 0.2) is 11.4 Å². The quantitative estimate of drug-likeness (QED) is 0.641. The van der Waals surface area contributed by atoms with Gasteiger partial charge in [0, 0.05) is 0 Å². The highest BCUT2D eigenvalue weighted by Gasteiger charge is 2.22. The van der Waals surface area contributed by atoms with Crippen molar-refractivity contribution in [2.45, 2.75) is 24.5 Å². The summed E-state index contributed by atoms with van der Waals surface area (Å²) in [4.78, 5) is 19.9. The summed E-state index contributed by atoms with van der Waals surface area (Å²) in [6.07, 6.45) is 3.20. The van der Waals surface area contributed by atoms with Crippen molar-refractivity contribution in [1.29, 1.82) is 0 Å². The molecule has 0 saturated heterocycles. The van der Waals surface area contributed by atoms with E-state index in [4.69, 9.17) is 16.7 Å². The number of nitrogens with zero attached hydrogens (tertiary/aromatic N) is 2. The van der Waals surface area contributed by atoms with Gasteiger partial charge in [0.05, 0.1) is 23.4 Å². The van der Waals surface area contributed by atoms with Gasteiger partial charge in [-0.1, -0.05) is 23.4 Å². The van der Waals surface area contributed by atoms with Crippen LogP contribution in [0.1, 0.15) is 24.3 Å². The Kier molecular flexibility index (Phi) is 4.73. The predicted molar refractivity (Wildman–Crippen MR) is 67.5 cm³/mol. The van der Waals surface area contributed by atoms with Crippen LogP contribution in [0, 0.1) is 0 Å². The fraction of sp³-hybridized carbons (Fsp3) is 0.500. The normalized spacial score (nSPS) is 11.4. The summed E-state index contributed by atoms with van der Waals surface area (Å²) in [5.41, 5.74) is -0.599. The van der Waals surface area contributed by atoms with Crippen molar-refractivity contribution >= 4 is 29.3 Å². The predicted octanol–water partition coefficient (Wildman–Crippen LogP) is 1.35. The number of carbonyl (C=O) groups is 1. The zero-order valence-corrected chi connectivity index (χ0v) is 11.4. The van der Waals surface area contributed by atoms with Crippen molar-refractivity contribution in [3.05, 3.63) is 16.9 Å². The lowest BCUT2D eigenvalue weighted by molar-refractivity contribution is 0.0863. The fourth-order valence-electron chi connectivity index (χ4n) is 1.01. The molecule has 17 heavy (non-hydrogen) atoms. The molecule has 0 unspecified atom stereocenters. The van der Waals surface area contributed by atoms with E-state index in [0.717, 1.165) is 0 Å². The molecule has 1 amide bonds. The van der Waals surface area contributed by atoms with Crippen LogP contribution < -0.4 is 5.32 Å². The van der Waals surface area contributed by atoms with Crippen molar-refractivity contribution in [1.82, 2.24) is 15.3 Å². The Balaban J connectivity index is 2.96. The van der Waals surface area contributed by atoms with Gasteiger partial charge in [0.1, 0.15) is 0 Å². The first-order valence-electron chi connectivity index (χ1n) is 4.89. The maximum atomic E-state index is 11.9. The number of aliphatic hydroxyl groups is 1. The van der Waals surface area contributed by atoms with Gasteiger partial charge in [-0.25, -0.2) is 9.97 Å².